The summed E-state index contributed by atoms with van der Waals surface area (Å²) in [6.45, 7) is 4.67. The third-order valence-electron chi connectivity index (χ3n) is 4.50. The van der Waals surface area contributed by atoms with Crippen molar-refractivity contribution in [2.24, 2.45) is 0 Å². The minimum absolute atomic E-state index is 0.780. The number of rotatable bonds is 3. The van der Waals surface area contributed by atoms with Crippen LogP contribution in [-0.4, -0.2) is 43.2 Å². The molecule has 0 radical (unpaired) electrons. The highest BCUT2D eigenvalue weighted by molar-refractivity contribution is 5.78. The van der Waals surface area contributed by atoms with Gasteiger partial charge in [-0.1, -0.05) is 12.1 Å². The van der Waals surface area contributed by atoms with Crippen molar-refractivity contribution >= 4 is 28.4 Å². The monoisotopic (exact) mass is 308 g/mol. The van der Waals surface area contributed by atoms with Crippen molar-refractivity contribution in [3.8, 4) is 0 Å². The van der Waals surface area contributed by atoms with E-state index in [-0.39, 0.29) is 0 Å². The Labute approximate surface area is 135 Å². The van der Waals surface area contributed by atoms with Crippen LogP contribution in [0.4, 0.5) is 17.3 Å². The number of piperazine rings is 1. The van der Waals surface area contributed by atoms with Gasteiger partial charge in [-0.05, 0) is 36.4 Å². The van der Waals surface area contributed by atoms with E-state index in [2.05, 4.69) is 51.5 Å². The van der Waals surface area contributed by atoms with Crippen LogP contribution in [0, 0.1) is 0 Å². The van der Waals surface area contributed by atoms with E-state index in [1.54, 1.807) is 4.90 Å². The summed E-state index contributed by atoms with van der Waals surface area (Å²) in [5, 5.41) is 3.34. The SMILES string of the molecule is C[NH+]1CCN(c2ccc(Nc3nc4ccccc4[nH]3)cc2)CC1. The van der Waals surface area contributed by atoms with Crippen LogP contribution < -0.4 is 15.1 Å². The number of aromatic nitrogens is 2. The molecule has 2 heterocycles. The lowest BCUT2D eigenvalue weighted by atomic mass is 10.2. The number of hydrogen-bond acceptors (Lipinski definition) is 3. The Hall–Kier alpha value is -2.53. The van der Waals surface area contributed by atoms with E-state index in [9.17, 15) is 0 Å². The number of H-pyrrole nitrogens is 1. The second-order valence-electron chi connectivity index (χ2n) is 6.22. The van der Waals surface area contributed by atoms with Gasteiger partial charge in [0.2, 0.25) is 5.95 Å². The molecular formula is C18H22N5+. The first kappa shape index (κ1) is 14.1. The fourth-order valence-corrected chi connectivity index (χ4v) is 3.05. The zero-order valence-corrected chi connectivity index (χ0v) is 13.3. The zero-order chi connectivity index (χ0) is 15.6. The number of para-hydroxylation sites is 2. The molecule has 1 aliphatic rings. The highest BCUT2D eigenvalue weighted by Gasteiger charge is 2.16. The number of quaternary nitrogens is 1. The number of hydrogen-bond donors (Lipinski definition) is 3. The third kappa shape index (κ3) is 3.00. The van der Waals surface area contributed by atoms with E-state index in [1.807, 2.05) is 24.3 Å². The molecule has 0 aliphatic carbocycles. The lowest BCUT2D eigenvalue weighted by Crippen LogP contribution is -3.12. The largest absolute Gasteiger partial charge is 0.360 e. The van der Waals surface area contributed by atoms with Gasteiger partial charge in [0.1, 0.15) is 0 Å². The van der Waals surface area contributed by atoms with Crippen molar-refractivity contribution < 1.29 is 4.90 Å². The van der Waals surface area contributed by atoms with Crippen LogP contribution in [-0.2, 0) is 0 Å². The molecule has 5 heteroatoms. The van der Waals surface area contributed by atoms with E-state index >= 15 is 0 Å². The summed E-state index contributed by atoms with van der Waals surface area (Å²) >= 11 is 0. The molecule has 118 valence electrons. The van der Waals surface area contributed by atoms with Crippen molar-refractivity contribution in [3.05, 3.63) is 48.5 Å². The first-order valence-electron chi connectivity index (χ1n) is 8.16. The molecule has 0 spiro atoms. The number of fused-ring (bicyclic) bond motifs is 1. The summed E-state index contributed by atoms with van der Waals surface area (Å²) in [5.74, 6) is 0.780. The normalized spacial score (nSPS) is 16.0. The van der Waals surface area contributed by atoms with Crippen molar-refractivity contribution in [2.45, 2.75) is 0 Å². The summed E-state index contributed by atoms with van der Waals surface area (Å²) in [4.78, 5) is 11.9. The Balaban J connectivity index is 1.47. The zero-order valence-electron chi connectivity index (χ0n) is 13.3. The first-order chi connectivity index (χ1) is 11.3. The van der Waals surface area contributed by atoms with Gasteiger partial charge in [0.05, 0.1) is 44.3 Å². The predicted molar refractivity (Wildman–Crippen MR) is 94.7 cm³/mol. The van der Waals surface area contributed by atoms with Crippen molar-refractivity contribution in [1.29, 1.82) is 0 Å². The van der Waals surface area contributed by atoms with Crippen molar-refractivity contribution in [2.75, 3.05) is 43.4 Å². The molecule has 0 amide bonds. The molecule has 3 aromatic rings. The molecule has 0 saturated carbocycles. The van der Waals surface area contributed by atoms with Gasteiger partial charge < -0.3 is 20.1 Å². The summed E-state index contributed by atoms with van der Waals surface area (Å²) in [5.41, 5.74) is 4.37. The number of nitrogens with one attached hydrogen (secondary N) is 3. The lowest BCUT2D eigenvalue weighted by Gasteiger charge is -2.31. The van der Waals surface area contributed by atoms with Gasteiger partial charge in [0, 0.05) is 11.4 Å². The van der Waals surface area contributed by atoms with Crippen molar-refractivity contribution in [3.63, 3.8) is 0 Å². The van der Waals surface area contributed by atoms with E-state index in [0.29, 0.717) is 0 Å². The highest BCUT2D eigenvalue weighted by atomic mass is 15.2. The minimum Gasteiger partial charge on any atom is -0.360 e. The lowest BCUT2D eigenvalue weighted by molar-refractivity contribution is -0.880. The van der Waals surface area contributed by atoms with E-state index < -0.39 is 0 Å². The standard InChI is InChI=1S/C18H21N5/c1-22-10-12-23(13-11-22)15-8-6-14(7-9-15)19-18-20-16-4-2-3-5-17(16)21-18/h2-9H,10-13H2,1H3,(H2,19,20,21)/p+1. The van der Waals surface area contributed by atoms with Crippen LogP contribution in [0.3, 0.4) is 0 Å². The van der Waals surface area contributed by atoms with Gasteiger partial charge in [0.15, 0.2) is 0 Å². The Morgan fingerprint density at radius 2 is 1.78 bits per heavy atom. The number of benzene rings is 2. The van der Waals surface area contributed by atoms with Crippen LogP contribution in [0.15, 0.2) is 48.5 Å². The second-order valence-corrected chi connectivity index (χ2v) is 6.22. The van der Waals surface area contributed by atoms with Crippen LogP contribution in [0.25, 0.3) is 11.0 Å². The molecule has 0 bridgehead atoms. The number of nitrogens with zero attached hydrogens (tertiary/aromatic N) is 2. The Morgan fingerprint density at radius 1 is 1.04 bits per heavy atom. The molecular weight excluding hydrogens is 286 g/mol. The maximum Gasteiger partial charge on any atom is 0.205 e. The summed E-state index contributed by atoms with van der Waals surface area (Å²) in [6.07, 6.45) is 0. The summed E-state index contributed by atoms with van der Waals surface area (Å²) < 4.78 is 0. The van der Waals surface area contributed by atoms with E-state index in [1.165, 1.54) is 18.8 Å². The third-order valence-corrected chi connectivity index (χ3v) is 4.50. The quantitative estimate of drug-likeness (QED) is 0.689. The van der Waals surface area contributed by atoms with Gasteiger partial charge in [-0.3, -0.25) is 0 Å². The average Bonchev–Trinajstić information content (AvgIpc) is 2.98. The number of likely N-dealkylation sites (N-methyl/N-ethyl adjacent to an activating group) is 1. The molecule has 2 aromatic carbocycles. The molecule has 1 aromatic heterocycles. The molecule has 23 heavy (non-hydrogen) atoms. The molecule has 1 fully saturated rings. The van der Waals surface area contributed by atoms with Gasteiger partial charge in [0.25, 0.3) is 0 Å². The topological polar surface area (TPSA) is 48.4 Å². The van der Waals surface area contributed by atoms with Gasteiger partial charge in [-0.2, -0.15) is 0 Å². The number of aromatic amines is 1. The fraction of sp³-hybridized carbons (Fsp3) is 0.278. The van der Waals surface area contributed by atoms with Gasteiger partial charge in [-0.15, -0.1) is 0 Å². The van der Waals surface area contributed by atoms with Crippen LogP contribution in [0.2, 0.25) is 0 Å². The second kappa shape index (κ2) is 5.93. The molecule has 0 unspecified atom stereocenters. The van der Waals surface area contributed by atoms with E-state index in [0.717, 1.165) is 35.8 Å². The highest BCUT2D eigenvalue weighted by Crippen LogP contribution is 2.21. The van der Waals surface area contributed by atoms with Gasteiger partial charge >= 0.3 is 0 Å². The molecule has 0 atom stereocenters. The van der Waals surface area contributed by atoms with Crippen LogP contribution in [0.1, 0.15) is 0 Å². The first-order valence-corrected chi connectivity index (χ1v) is 8.16. The smallest absolute Gasteiger partial charge is 0.205 e. The minimum atomic E-state index is 0.780. The Kier molecular flexibility index (Phi) is 3.63. The molecule has 1 saturated heterocycles. The van der Waals surface area contributed by atoms with Crippen LogP contribution >= 0.6 is 0 Å². The maximum atomic E-state index is 4.55. The molecule has 1 aliphatic heterocycles. The Morgan fingerprint density at radius 3 is 2.52 bits per heavy atom. The molecule has 5 nitrogen and oxygen atoms in total. The summed E-state index contributed by atoms with van der Waals surface area (Å²) in [6, 6.07) is 16.7. The van der Waals surface area contributed by atoms with E-state index in [4.69, 9.17) is 0 Å². The molecule has 3 N–H and O–H groups in total. The predicted octanol–water partition coefficient (Wildman–Crippen LogP) is 1.64. The fourth-order valence-electron chi connectivity index (χ4n) is 3.05. The average molecular weight is 308 g/mol. The van der Waals surface area contributed by atoms with Crippen molar-refractivity contribution in [1.82, 2.24) is 9.97 Å². The van der Waals surface area contributed by atoms with Gasteiger partial charge in [-0.25, -0.2) is 4.98 Å². The Bertz CT molecular complexity index is 752. The van der Waals surface area contributed by atoms with Crippen LogP contribution in [0.5, 0.6) is 0 Å². The molecule has 4 rings (SSSR count). The number of imidazole rings is 1. The number of anilines is 3. The summed E-state index contributed by atoms with van der Waals surface area (Å²) in [7, 11) is 2.26. The maximum absolute atomic E-state index is 4.55.